The second-order valence-electron chi connectivity index (χ2n) is 5.03. The van der Waals surface area contributed by atoms with Crippen LogP contribution in [0.4, 0.5) is 15.8 Å². The normalized spacial score (nSPS) is 12.2. The number of hydrogen-bond donors (Lipinski definition) is 2. The smallest absolute Gasteiger partial charge is 0.272 e. The Kier molecular flexibility index (Phi) is 4.66. The molecule has 0 aliphatic carbocycles. The van der Waals surface area contributed by atoms with Gasteiger partial charge in [0.1, 0.15) is 0 Å². The second kappa shape index (κ2) is 5.71. The van der Waals surface area contributed by atoms with Gasteiger partial charge in [0, 0.05) is 18.2 Å². The van der Waals surface area contributed by atoms with Crippen LogP contribution in [0.2, 0.25) is 0 Å². The third kappa shape index (κ3) is 5.10. The van der Waals surface area contributed by atoms with Crippen LogP contribution in [0, 0.1) is 15.9 Å². The van der Waals surface area contributed by atoms with E-state index in [1.54, 1.807) is 13.8 Å². The Morgan fingerprint density at radius 1 is 1.40 bits per heavy atom. The lowest BCUT2D eigenvalue weighted by Gasteiger charge is -2.25. The van der Waals surface area contributed by atoms with Crippen LogP contribution in [0.1, 0.15) is 13.8 Å². The van der Waals surface area contributed by atoms with E-state index in [-0.39, 0.29) is 17.9 Å². The maximum Gasteiger partial charge on any atom is 0.272 e. The molecule has 0 saturated carbocycles. The highest BCUT2D eigenvalue weighted by atomic mass is 32.2. The van der Waals surface area contributed by atoms with Crippen molar-refractivity contribution in [2.75, 3.05) is 18.1 Å². The van der Waals surface area contributed by atoms with Crippen molar-refractivity contribution < 1.29 is 17.7 Å². The van der Waals surface area contributed by atoms with E-state index in [1.807, 2.05) is 0 Å². The number of sulfonamides is 1. The van der Waals surface area contributed by atoms with Gasteiger partial charge in [0.15, 0.2) is 5.82 Å². The molecule has 20 heavy (non-hydrogen) atoms. The molecule has 0 aromatic heterocycles. The number of nitro benzene ring substituents is 1. The molecule has 0 saturated heterocycles. The number of non-ortho nitro benzene ring substituents is 1. The molecule has 1 aromatic rings. The van der Waals surface area contributed by atoms with Crippen LogP contribution in [0.15, 0.2) is 18.2 Å². The summed E-state index contributed by atoms with van der Waals surface area (Å²) in [5.74, 6) is -0.769. The standard InChI is InChI=1S/C11H16FN3O4S/c1-11(2,14-20(3,18)19)7-13-10-5-4-8(15(16)17)6-9(10)12/h4-6,13-14H,7H2,1-3H3. The van der Waals surface area contributed by atoms with Gasteiger partial charge in [-0.25, -0.2) is 17.5 Å². The Balaban J connectivity index is 2.78. The van der Waals surface area contributed by atoms with Crippen molar-refractivity contribution in [3.63, 3.8) is 0 Å². The maximum atomic E-state index is 13.6. The molecule has 2 N–H and O–H groups in total. The molecule has 0 radical (unpaired) electrons. The fraction of sp³-hybridized carbons (Fsp3) is 0.455. The molecule has 0 unspecified atom stereocenters. The summed E-state index contributed by atoms with van der Waals surface area (Å²) in [6.45, 7) is 3.38. The number of nitrogens with zero attached hydrogens (tertiary/aromatic N) is 1. The van der Waals surface area contributed by atoms with Gasteiger partial charge in [-0.3, -0.25) is 10.1 Å². The van der Waals surface area contributed by atoms with E-state index in [0.717, 1.165) is 12.3 Å². The molecule has 0 spiro atoms. The second-order valence-corrected chi connectivity index (χ2v) is 6.78. The zero-order valence-electron chi connectivity index (χ0n) is 11.3. The number of nitrogens with one attached hydrogen (secondary N) is 2. The lowest BCUT2D eigenvalue weighted by molar-refractivity contribution is -0.385. The van der Waals surface area contributed by atoms with Crippen molar-refractivity contribution >= 4 is 21.4 Å². The summed E-state index contributed by atoms with van der Waals surface area (Å²) in [5.41, 5.74) is -1.11. The van der Waals surface area contributed by atoms with Crippen LogP contribution in [-0.2, 0) is 10.0 Å². The van der Waals surface area contributed by atoms with Gasteiger partial charge < -0.3 is 5.32 Å². The highest BCUT2D eigenvalue weighted by molar-refractivity contribution is 7.88. The molecule has 9 heteroatoms. The fourth-order valence-corrected chi connectivity index (χ4v) is 2.69. The molecule has 0 aliphatic heterocycles. The van der Waals surface area contributed by atoms with E-state index < -0.39 is 26.3 Å². The summed E-state index contributed by atoms with van der Waals surface area (Å²) >= 11 is 0. The molecule has 7 nitrogen and oxygen atoms in total. The number of nitro groups is 1. The monoisotopic (exact) mass is 305 g/mol. The third-order valence-electron chi connectivity index (χ3n) is 2.35. The molecule has 112 valence electrons. The molecule has 0 amide bonds. The van der Waals surface area contributed by atoms with Crippen molar-refractivity contribution in [2.45, 2.75) is 19.4 Å². The molecule has 0 bridgehead atoms. The lowest BCUT2D eigenvalue weighted by Crippen LogP contribution is -2.47. The van der Waals surface area contributed by atoms with Gasteiger partial charge in [-0.15, -0.1) is 0 Å². The number of benzene rings is 1. The average Bonchev–Trinajstić information content (AvgIpc) is 2.23. The highest BCUT2D eigenvalue weighted by Crippen LogP contribution is 2.21. The van der Waals surface area contributed by atoms with Gasteiger partial charge in [0.25, 0.3) is 5.69 Å². The molecule has 0 atom stereocenters. The Bertz CT molecular complexity index is 616. The number of rotatable bonds is 6. The van der Waals surface area contributed by atoms with Crippen LogP contribution < -0.4 is 10.0 Å². The Morgan fingerprint density at radius 2 is 2.00 bits per heavy atom. The predicted molar refractivity (Wildman–Crippen MR) is 73.6 cm³/mol. The zero-order chi connectivity index (χ0) is 15.6. The van der Waals surface area contributed by atoms with Crippen molar-refractivity contribution in [1.29, 1.82) is 0 Å². The minimum absolute atomic E-state index is 0.0685. The highest BCUT2D eigenvalue weighted by Gasteiger charge is 2.22. The van der Waals surface area contributed by atoms with Crippen LogP contribution in [0.25, 0.3) is 0 Å². The summed E-state index contributed by atoms with van der Waals surface area (Å²) in [6.07, 6.45) is 1.03. The van der Waals surface area contributed by atoms with Gasteiger partial charge >= 0.3 is 0 Å². The number of anilines is 1. The van der Waals surface area contributed by atoms with E-state index in [1.165, 1.54) is 12.1 Å². The summed E-state index contributed by atoms with van der Waals surface area (Å²) in [4.78, 5) is 9.79. The average molecular weight is 305 g/mol. The minimum atomic E-state index is -3.39. The fourth-order valence-electron chi connectivity index (χ4n) is 1.62. The summed E-state index contributed by atoms with van der Waals surface area (Å²) in [7, 11) is -3.39. The third-order valence-corrected chi connectivity index (χ3v) is 3.27. The topological polar surface area (TPSA) is 101 Å². The molecule has 0 heterocycles. The molecule has 0 fully saturated rings. The van der Waals surface area contributed by atoms with E-state index in [9.17, 15) is 22.9 Å². The van der Waals surface area contributed by atoms with Crippen molar-refractivity contribution in [3.05, 3.63) is 34.1 Å². The summed E-state index contributed by atoms with van der Waals surface area (Å²) in [5, 5.41) is 13.2. The van der Waals surface area contributed by atoms with E-state index in [4.69, 9.17) is 0 Å². The zero-order valence-corrected chi connectivity index (χ0v) is 12.1. The first-order valence-electron chi connectivity index (χ1n) is 5.67. The molecule has 1 aromatic carbocycles. The Hall–Kier alpha value is -1.74. The van der Waals surface area contributed by atoms with Crippen molar-refractivity contribution in [3.8, 4) is 0 Å². The first-order valence-corrected chi connectivity index (χ1v) is 7.56. The summed E-state index contributed by atoms with van der Waals surface area (Å²) < 4.78 is 38.3. The van der Waals surface area contributed by atoms with Crippen molar-refractivity contribution in [2.24, 2.45) is 0 Å². The predicted octanol–water partition coefficient (Wildman–Crippen LogP) is 1.47. The number of hydrogen-bond acceptors (Lipinski definition) is 5. The van der Waals surface area contributed by atoms with Gasteiger partial charge in [-0.2, -0.15) is 0 Å². The van der Waals surface area contributed by atoms with E-state index >= 15 is 0 Å². The SMILES string of the molecule is CC(C)(CNc1ccc([N+](=O)[O-])cc1F)NS(C)(=O)=O. The lowest BCUT2D eigenvalue weighted by atomic mass is 10.1. The van der Waals surface area contributed by atoms with Crippen LogP contribution >= 0.6 is 0 Å². The molecule has 0 aliphatic rings. The van der Waals surface area contributed by atoms with Crippen LogP contribution in [-0.4, -0.2) is 31.7 Å². The van der Waals surface area contributed by atoms with Gasteiger partial charge in [-0.05, 0) is 19.9 Å². The first kappa shape index (κ1) is 16.3. The van der Waals surface area contributed by atoms with E-state index in [0.29, 0.717) is 0 Å². The van der Waals surface area contributed by atoms with Gasteiger partial charge in [-0.1, -0.05) is 0 Å². The largest absolute Gasteiger partial charge is 0.381 e. The quantitative estimate of drug-likeness (QED) is 0.612. The van der Waals surface area contributed by atoms with E-state index in [2.05, 4.69) is 10.0 Å². The minimum Gasteiger partial charge on any atom is -0.381 e. The Morgan fingerprint density at radius 3 is 2.45 bits per heavy atom. The van der Waals surface area contributed by atoms with Gasteiger partial charge in [0.2, 0.25) is 10.0 Å². The first-order chi connectivity index (χ1) is 9.00. The molecule has 1 rings (SSSR count). The molecular weight excluding hydrogens is 289 g/mol. The maximum absolute atomic E-state index is 13.6. The van der Waals surface area contributed by atoms with Crippen LogP contribution in [0.5, 0.6) is 0 Å². The molecular formula is C11H16FN3O4S. The summed E-state index contributed by atoms with van der Waals surface area (Å²) in [6, 6.07) is 3.21. The van der Waals surface area contributed by atoms with Gasteiger partial charge in [0.05, 0.1) is 22.9 Å². The van der Waals surface area contributed by atoms with Crippen molar-refractivity contribution in [1.82, 2.24) is 4.72 Å². The Labute approximate surface area is 116 Å². The number of halogens is 1. The van der Waals surface area contributed by atoms with Crippen LogP contribution in [0.3, 0.4) is 0 Å².